The lowest BCUT2D eigenvalue weighted by Crippen LogP contribution is -2.32. The van der Waals surface area contributed by atoms with Crippen LogP contribution in [0.15, 0.2) is 0 Å². The van der Waals surface area contributed by atoms with E-state index in [0.29, 0.717) is 0 Å². The monoisotopic (exact) mass is 255 g/mol. The third-order valence-electron chi connectivity index (χ3n) is 4.57. The minimum atomic E-state index is 0.0544. The van der Waals surface area contributed by atoms with Crippen LogP contribution in [0.5, 0.6) is 0 Å². The first-order valence-electron chi connectivity index (χ1n) is 7.85. The highest BCUT2D eigenvalue weighted by Gasteiger charge is 2.27. The molecule has 108 valence electrons. The van der Waals surface area contributed by atoms with Crippen LogP contribution in [0.4, 0.5) is 0 Å². The fourth-order valence-electron chi connectivity index (χ4n) is 3.03. The number of methoxy groups -OCH3 is 1. The zero-order chi connectivity index (χ0) is 13.4. The maximum atomic E-state index is 5.55. The fourth-order valence-corrected chi connectivity index (χ4v) is 3.03. The first-order valence-corrected chi connectivity index (χ1v) is 7.85. The molecule has 0 heterocycles. The van der Waals surface area contributed by atoms with E-state index < -0.39 is 0 Å². The van der Waals surface area contributed by atoms with E-state index in [-0.39, 0.29) is 5.60 Å². The summed E-state index contributed by atoms with van der Waals surface area (Å²) in [6.45, 7) is 9.06. The number of nitrogens with one attached hydrogen (secondary N) is 1. The van der Waals surface area contributed by atoms with Crippen LogP contribution in [0.1, 0.15) is 65.7 Å². The van der Waals surface area contributed by atoms with Crippen LogP contribution in [-0.2, 0) is 4.74 Å². The van der Waals surface area contributed by atoms with Gasteiger partial charge in [0.2, 0.25) is 0 Å². The van der Waals surface area contributed by atoms with E-state index in [1.165, 1.54) is 58.0 Å². The van der Waals surface area contributed by atoms with Gasteiger partial charge >= 0.3 is 0 Å². The molecule has 1 aliphatic rings. The van der Waals surface area contributed by atoms with E-state index in [2.05, 4.69) is 26.1 Å². The van der Waals surface area contributed by atoms with Crippen molar-refractivity contribution in [2.75, 3.05) is 20.2 Å². The van der Waals surface area contributed by atoms with Crippen LogP contribution in [0.2, 0.25) is 0 Å². The highest BCUT2D eigenvalue weighted by Crippen LogP contribution is 2.34. The summed E-state index contributed by atoms with van der Waals surface area (Å²) in [5.41, 5.74) is 0.0544. The third-order valence-corrected chi connectivity index (χ3v) is 4.57. The van der Waals surface area contributed by atoms with Crippen molar-refractivity contribution in [3.8, 4) is 0 Å². The molecule has 0 spiro atoms. The molecular formula is C16H33NO. The molecule has 2 atom stereocenters. The zero-order valence-corrected chi connectivity index (χ0v) is 12.9. The molecule has 1 saturated carbocycles. The molecule has 0 amide bonds. The van der Waals surface area contributed by atoms with Crippen LogP contribution in [0, 0.1) is 11.8 Å². The van der Waals surface area contributed by atoms with Gasteiger partial charge in [-0.3, -0.25) is 0 Å². The quantitative estimate of drug-likeness (QED) is 0.662. The van der Waals surface area contributed by atoms with Crippen molar-refractivity contribution >= 4 is 0 Å². The van der Waals surface area contributed by atoms with Crippen LogP contribution < -0.4 is 5.32 Å². The Morgan fingerprint density at radius 2 is 1.83 bits per heavy atom. The van der Waals surface area contributed by atoms with Gasteiger partial charge in [0, 0.05) is 7.11 Å². The van der Waals surface area contributed by atoms with Crippen molar-refractivity contribution in [1.29, 1.82) is 0 Å². The lowest BCUT2D eigenvalue weighted by molar-refractivity contribution is 0.00627. The Hall–Kier alpha value is -0.0800. The second kappa shape index (κ2) is 8.16. The Kier molecular flexibility index (Phi) is 7.25. The van der Waals surface area contributed by atoms with Gasteiger partial charge in [-0.05, 0) is 64.5 Å². The highest BCUT2D eigenvalue weighted by molar-refractivity contribution is 4.80. The van der Waals surface area contributed by atoms with Crippen LogP contribution in [0.25, 0.3) is 0 Å². The molecule has 1 N–H and O–H groups in total. The molecule has 1 fully saturated rings. The summed E-state index contributed by atoms with van der Waals surface area (Å²) in [5.74, 6) is 1.82. The molecule has 0 aromatic carbocycles. The van der Waals surface area contributed by atoms with E-state index >= 15 is 0 Å². The Morgan fingerprint density at radius 3 is 2.44 bits per heavy atom. The first-order chi connectivity index (χ1) is 8.59. The number of hydrogen-bond acceptors (Lipinski definition) is 2. The van der Waals surface area contributed by atoms with Crippen molar-refractivity contribution in [2.45, 2.75) is 71.3 Å². The Morgan fingerprint density at radius 1 is 1.17 bits per heavy atom. The second-order valence-electron chi connectivity index (χ2n) is 6.51. The zero-order valence-electron chi connectivity index (χ0n) is 12.9. The lowest BCUT2D eigenvalue weighted by Gasteiger charge is -2.34. The summed E-state index contributed by atoms with van der Waals surface area (Å²) in [5, 5.41) is 3.61. The standard InChI is InChI=1S/C16H33NO/c1-5-12-17-13-15-9-7-6-8-14(15)10-11-16(2,3)18-4/h14-15,17H,5-13H2,1-4H3. The summed E-state index contributed by atoms with van der Waals surface area (Å²) in [7, 11) is 1.83. The van der Waals surface area contributed by atoms with Crippen LogP contribution >= 0.6 is 0 Å². The maximum absolute atomic E-state index is 5.55. The molecule has 0 bridgehead atoms. The molecule has 2 unspecified atom stereocenters. The molecule has 2 nitrogen and oxygen atoms in total. The molecule has 2 heteroatoms. The predicted molar refractivity (Wildman–Crippen MR) is 78.9 cm³/mol. The van der Waals surface area contributed by atoms with Crippen molar-refractivity contribution in [3.05, 3.63) is 0 Å². The van der Waals surface area contributed by atoms with Gasteiger partial charge in [0.25, 0.3) is 0 Å². The van der Waals surface area contributed by atoms with E-state index in [4.69, 9.17) is 4.74 Å². The predicted octanol–water partition coefficient (Wildman–Crippen LogP) is 4.00. The summed E-state index contributed by atoms with van der Waals surface area (Å²) in [6.07, 6.45) is 9.49. The minimum Gasteiger partial charge on any atom is -0.379 e. The Labute approximate surface area is 114 Å². The Balaban J connectivity index is 2.34. The number of ether oxygens (including phenoxy) is 1. The SMILES string of the molecule is CCCNCC1CCCCC1CCC(C)(C)OC. The van der Waals surface area contributed by atoms with Gasteiger partial charge < -0.3 is 10.1 Å². The second-order valence-corrected chi connectivity index (χ2v) is 6.51. The topological polar surface area (TPSA) is 21.3 Å². The lowest BCUT2D eigenvalue weighted by atomic mass is 9.75. The molecule has 0 aromatic heterocycles. The van der Waals surface area contributed by atoms with E-state index in [1.54, 1.807) is 0 Å². The maximum Gasteiger partial charge on any atom is 0.0622 e. The molecule has 0 radical (unpaired) electrons. The van der Waals surface area contributed by atoms with Gasteiger partial charge in [-0.25, -0.2) is 0 Å². The molecular weight excluding hydrogens is 222 g/mol. The minimum absolute atomic E-state index is 0.0544. The molecule has 18 heavy (non-hydrogen) atoms. The van der Waals surface area contributed by atoms with E-state index in [1.807, 2.05) is 7.11 Å². The summed E-state index contributed by atoms with van der Waals surface area (Å²) in [4.78, 5) is 0. The van der Waals surface area contributed by atoms with E-state index in [9.17, 15) is 0 Å². The van der Waals surface area contributed by atoms with Crippen LogP contribution in [0.3, 0.4) is 0 Å². The van der Waals surface area contributed by atoms with Crippen molar-refractivity contribution < 1.29 is 4.74 Å². The third kappa shape index (κ3) is 5.71. The van der Waals surface area contributed by atoms with Crippen LogP contribution in [-0.4, -0.2) is 25.8 Å². The average Bonchev–Trinajstić information content (AvgIpc) is 2.38. The fraction of sp³-hybridized carbons (Fsp3) is 1.00. The summed E-state index contributed by atoms with van der Waals surface area (Å²) >= 11 is 0. The summed E-state index contributed by atoms with van der Waals surface area (Å²) in [6, 6.07) is 0. The molecule has 0 saturated heterocycles. The van der Waals surface area contributed by atoms with Crippen molar-refractivity contribution in [3.63, 3.8) is 0 Å². The first kappa shape index (κ1) is 16.0. The molecule has 0 aromatic rings. The average molecular weight is 255 g/mol. The number of hydrogen-bond donors (Lipinski definition) is 1. The van der Waals surface area contributed by atoms with Crippen molar-refractivity contribution in [2.24, 2.45) is 11.8 Å². The largest absolute Gasteiger partial charge is 0.379 e. The molecule has 1 aliphatic carbocycles. The molecule has 1 rings (SSSR count). The number of rotatable bonds is 8. The van der Waals surface area contributed by atoms with E-state index in [0.717, 1.165) is 11.8 Å². The normalized spacial score (nSPS) is 25.3. The Bertz CT molecular complexity index is 215. The summed E-state index contributed by atoms with van der Waals surface area (Å²) < 4.78 is 5.55. The van der Waals surface area contributed by atoms with Crippen molar-refractivity contribution in [1.82, 2.24) is 5.32 Å². The highest BCUT2D eigenvalue weighted by atomic mass is 16.5. The van der Waals surface area contributed by atoms with Gasteiger partial charge in [-0.2, -0.15) is 0 Å². The smallest absolute Gasteiger partial charge is 0.0622 e. The van der Waals surface area contributed by atoms with Gasteiger partial charge in [0.1, 0.15) is 0 Å². The van der Waals surface area contributed by atoms with Gasteiger partial charge in [0.15, 0.2) is 0 Å². The molecule has 0 aliphatic heterocycles. The van der Waals surface area contributed by atoms with Gasteiger partial charge in [-0.15, -0.1) is 0 Å². The van der Waals surface area contributed by atoms with Gasteiger partial charge in [0.05, 0.1) is 5.60 Å². The van der Waals surface area contributed by atoms with Gasteiger partial charge in [-0.1, -0.05) is 26.2 Å².